The van der Waals surface area contributed by atoms with Gasteiger partial charge in [0, 0.05) is 0 Å². The summed E-state index contributed by atoms with van der Waals surface area (Å²) in [5.41, 5.74) is 0. The number of rotatable bonds is 15. The van der Waals surface area contributed by atoms with E-state index in [-0.39, 0.29) is 37.7 Å². The minimum atomic E-state index is -3.00. The van der Waals surface area contributed by atoms with E-state index in [1.54, 1.807) is 13.1 Å². The van der Waals surface area contributed by atoms with E-state index in [1.165, 1.54) is 0 Å². The maximum Gasteiger partial charge on any atom is 1.00 e. The molecule has 0 amide bonds. The van der Waals surface area contributed by atoms with Crippen LogP contribution in [0.25, 0.3) is 4.65 Å². The second kappa shape index (κ2) is 32.8. The first-order valence-corrected chi connectivity index (χ1v) is 73.8. The van der Waals surface area contributed by atoms with Crippen molar-refractivity contribution in [2.24, 2.45) is 0 Å². The van der Waals surface area contributed by atoms with Crippen molar-refractivity contribution < 1.29 is 84.0 Å². The molecule has 5 aromatic carbocycles. The molecule has 2 saturated heterocycles. The van der Waals surface area contributed by atoms with Gasteiger partial charge in [0.2, 0.25) is 8.32 Å². The van der Waals surface area contributed by atoms with E-state index in [9.17, 15) is 4.80 Å². The van der Waals surface area contributed by atoms with Crippen LogP contribution in [-0.4, -0.2) is 137 Å². The second-order valence-corrected chi connectivity index (χ2v) is 89.3. The van der Waals surface area contributed by atoms with Crippen LogP contribution >= 0.6 is 0 Å². The molecule has 0 saturated carbocycles. The van der Waals surface area contributed by atoms with Gasteiger partial charge in [0.05, 0.1) is 14.8 Å². The Bertz CT molecular complexity index is 2630. The molecule has 1 atom stereocenters. The van der Waals surface area contributed by atoms with Crippen LogP contribution in [-0.2, 0) is 41.5 Å². The van der Waals surface area contributed by atoms with E-state index in [2.05, 4.69) is 241 Å². The number of hydrogen-bond acceptors (Lipinski definition) is 12. The Morgan fingerprint density at radius 3 is 0.767 bits per heavy atom. The molecule has 0 aliphatic carbocycles. The molecule has 2 aliphatic rings. The molecule has 2 aliphatic heterocycles. The molecule has 7 rings (SSSR count). The third-order valence-electron chi connectivity index (χ3n) is 13.8. The summed E-state index contributed by atoms with van der Waals surface area (Å²) in [6.07, 6.45) is 0.556. The smallest absolute Gasteiger partial charge is 0.839 e. The van der Waals surface area contributed by atoms with Crippen LogP contribution < -0.4 is 68.5 Å². The van der Waals surface area contributed by atoms with E-state index < -0.39 is 127 Å². The predicted molar refractivity (Wildman–Crippen MR) is 408 cm³/mol. The molecule has 492 valence electrons. The van der Waals surface area contributed by atoms with Crippen molar-refractivity contribution in [1.29, 1.82) is 0 Å². The minimum Gasteiger partial charge on any atom is -0.839 e. The van der Waals surface area contributed by atoms with E-state index in [4.69, 9.17) is 46.1 Å². The third-order valence-corrected chi connectivity index (χ3v) is 75.1. The quantitative estimate of drug-likeness (QED) is 0.0954. The molecule has 0 spiro atoms. The molecule has 13 nitrogen and oxygen atoms in total. The van der Waals surface area contributed by atoms with Gasteiger partial charge in [-0.05, 0) is 124 Å². The van der Waals surface area contributed by atoms with Crippen LogP contribution in [0.1, 0.15) is 0 Å². The molecule has 2 fully saturated rings. The van der Waals surface area contributed by atoms with Crippen LogP contribution in [0, 0.1) is 0 Å². The molecule has 1 unspecified atom stereocenters. The number of nitrogens with zero attached hydrogens (tertiary/aromatic N) is 2. The summed E-state index contributed by atoms with van der Waals surface area (Å²) >= 11 is 0. The first-order chi connectivity index (χ1) is 39.7. The van der Waals surface area contributed by atoms with Crippen LogP contribution in [0.3, 0.4) is 0 Å². The topological polar surface area (TPSA) is 133 Å². The third kappa shape index (κ3) is 27.7. The van der Waals surface area contributed by atoms with Crippen molar-refractivity contribution in [3.05, 3.63) is 156 Å². The maximum atomic E-state index is 12.6. The van der Waals surface area contributed by atoms with Crippen molar-refractivity contribution >= 4 is 153 Å². The van der Waals surface area contributed by atoms with Gasteiger partial charge in [0.1, 0.15) is 16.5 Å². The Kier molecular flexibility index (Phi) is 31.4. The largest absolute Gasteiger partial charge is 1.00 e. The van der Waals surface area contributed by atoms with Gasteiger partial charge in [0.25, 0.3) is 8.48 Å². The Labute approximate surface area is 587 Å². The Balaban J connectivity index is 0.000000450. The van der Waals surface area contributed by atoms with Crippen molar-refractivity contribution in [2.75, 3.05) is 6.23 Å². The summed E-state index contributed by atoms with van der Waals surface area (Å²) in [4.78, 5) is 12.6. The zero-order valence-corrected chi connectivity index (χ0v) is 76.5. The summed E-state index contributed by atoms with van der Waals surface area (Å²) in [6, 6.07) is 51.6. The maximum absolute atomic E-state index is 12.6. The van der Waals surface area contributed by atoms with Gasteiger partial charge in [0.15, 0.2) is 0 Å². The van der Waals surface area contributed by atoms with Crippen molar-refractivity contribution in [2.45, 2.75) is 190 Å². The van der Waals surface area contributed by atoms with E-state index in [0.717, 1.165) is 25.9 Å². The zero-order chi connectivity index (χ0) is 67.1. The fraction of sp³-hybridized carbons (Fsp3) is 0.500. The van der Waals surface area contributed by atoms with E-state index in [1.807, 2.05) is 91.0 Å². The van der Waals surface area contributed by atoms with Gasteiger partial charge < -0.3 is 54.8 Å². The van der Waals surface area contributed by atoms with Crippen molar-refractivity contribution in [1.82, 2.24) is 3.90 Å². The van der Waals surface area contributed by atoms with Crippen molar-refractivity contribution in [3.63, 3.8) is 0 Å². The molecule has 5 aromatic rings. The first kappa shape index (κ1) is 86.1. The summed E-state index contributed by atoms with van der Waals surface area (Å²) in [7, 11) is -33.2. The molecule has 0 bridgehead atoms. The number of benzene rings is 5. The summed E-state index contributed by atoms with van der Waals surface area (Å²) < 4.78 is 74.5. The standard InChI is InChI=1S/C28H32O4Si4.C18H40NO3Si5.C8H24O4Si4.C6H18NSi2.2Li/c1-33(25-17-9-5-10-18-25)29-34(2,26-19-11-6-12-20-26)31-36(4,28-23-15-8-16-24-28)32-35(3,30-33)27-21-13-7-14-22-27;1-23(2,3)19(24(4,5)6)25(7,8)21-17-27(11,22-26(9,10)20)18-15-13-12-14-16-18;1-13(2)9-14(3,4)11-16(7,8)12-15(5,6)10-13;1-8(2,3)7-9(4,5)6;;/h5-24H,1-4H3;12-16H,17H2,1-11H3;1-8H3;1-6H3;;/q;-1;;-1;2*+1. The summed E-state index contributed by atoms with van der Waals surface area (Å²) in [6.45, 7) is 63.7. The van der Waals surface area contributed by atoms with Crippen molar-refractivity contribution in [3.8, 4) is 0 Å². The van der Waals surface area contributed by atoms with Crippen LogP contribution in [0.5, 0.6) is 0 Å². The molecule has 0 radical (unpaired) electrons. The fourth-order valence-corrected chi connectivity index (χ4v) is 93.3. The molecule has 0 aromatic heterocycles. The Morgan fingerprint density at radius 2 is 0.578 bits per heavy atom. The van der Waals surface area contributed by atoms with Gasteiger partial charge in [-0.3, -0.25) is 0 Å². The monoisotopic (exact) mass is 1470 g/mol. The first-order valence-electron chi connectivity index (χ1n) is 31.1. The van der Waals surface area contributed by atoms with Gasteiger partial charge in [-0.2, -0.15) is 0 Å². The number of hydrogen-bond donors (Lipinski definition) is 0. The van der Waals surface area contributed by atoms with Gasteiger partial charge in [-0.1, -0.05) is 260 Å². The molecule has 2 heterocycles. The fourth-order valence-electron chi connectivity index (χ4n) is 13.0. The molecule has 0 N–H and O–H groups in total. The summed E-state index contributed by atoms with van der Waals surface area (Å²) in [5, 5.41) is 5.45. The second-order valence-electron chi connectivity index (χ2n) is 30.6. The van der Waals surface area contributed by atoms with Crippen LogP contribution in [0.4, 0.5) is 0 Å². The Hall–Kier alpha value is 0.0281. The molecule has 90 heavy (non-hydrogen) atoms. The average molecular weight is 1470 g/mol. The average Bonchev–Trinajstić information content (AvgIpc) is 3.33. The van der Waals surface area contributed by atoms with Crippen LogP contribution in [0.15, 0.2) is 152 Å². The minimum absolute atomic E-state index is 0. The Morgan fingerprint density at radius 1 is 0.356 bits per heavy atom. The van der Waals surface area contributed by atoms with Gasteiger partial charge >= 0.3 is 106 Å². The SMILES string of the molecule is C[Si](C)(C)[N-][Si](C)(C)C.C[Si](C)([O-])O[Si](C)(CO[Si](C)(C)N([Si](C)(C)C)[Si](C)(C)C)c1ccccc1.C[Si]1(C)O[Si](C)(C)O[Si](C)(C)O[Si](C)(C)O1.C[Si]1(c2ccccc2)O[Si](C)(c2ccccc2)O[Si](C)(c2ccccc2)O[Si](C)(c2ccccc2)O1.[Li+].[Li+]. The van der Waals surface area contributed by atoms with Gasteiger partial charge in [-0.15, -0.1) is 0 Å². The molecular formula is C60H114Li2N2O11Si15. The summed E-state index contributed by atoms with van der Waals surface area (Å²) in [5.74, 6) is 0. The molecular weight excluding hydrogens is 1360 g/mol. The zero-order valence-electron chi connectivity index (χ0n) is 61.5. The van der Waals surface area contributed by atoms with Gasteiger partial charge in [-0.25, -0.2) is 0 Å². The predicted octanol–water partition coefficient (Wildman–Crippen LogP) is 7.67. The van der Waals surface area contributed by atoms with E-state index in [0.29, 0.717) is 6.23 Å². The molecule has 30 heteroatoms. The van der Waals surface area contributed by atoms with Crippen LogP contribution in [0.2, 0.25) is 190 Å². The van der Waals surface area contributed by atoms with E-state index >= 15 is 0 Å². The normalized spacial score (nSPS) is 24.3.